The van der Waals surface area contributed by atoms with Crippen LogP contribution in [0.2, 0.25) is 0 Å². The van der Waals surface area contributed by atoms with Gasteiger partial charge in [-0.15, -0.1) is 0 Å². The predicted octanol–water partition coefficient (Wildman–Crippen LogP) is 2.12. The lowest BCUT2D eigenvalue weighted by molar-refractivity contribution is -0.138. The third-order valence-electron chi connectivity index (χ3n) is 2.17. The van der Waals surface area contributed by atoms with Crippen LogP contribution in [0.1, 0.15) is 15.9 Å². The molecule has 17 heavy (non-hydrogen) atoms. The Kier molecular flexibility index (Phi) is 4.11. The van der Waals surface area contributed by atoms with Crippen LogP contribution in [0.25, 0.3) is 0 Å². The van der Waals surface area contributed by atoms with Gasteiger partial charge in [-0.1, -0.05) is 0 Å². The molecule has 0 heterocycles. The number of alkyl halides is 3. The van der Waals surface area contributed by atoms with E-state index in [1.807, 2.05) is 0 Å². The molecule has 0 aromatic heterocycles. The molecule has 0 atom stereocenters. The van der Waals surface area contributed by atoms with Gasteiger partial charge in [-0.25, -0.2) is 0 Å². The summed E-state index contributed by atoms with van der Waals surface area (Å²) in [5.41, 5.74) is -1.33. The Balaban J connectivity index is 3.25. The molecule has 94 valence electrons. The van der Waals surface area contributed by atoms with E-state index in [0.29, 0.717) is 0 Å². The van der Waals surface area contributed by atoms with Crippen molar-refractivity contribution >= 4 is 5.78 Å². The van der Waals surface area contributed by atoms with Gasteiger partial charge >= 0.3 is 6.18 Å². The van der Waals surface area contributed by atoms with Crippen LogP contribution in [0, 0.1) is 0 Å². The Morgan fingerprint density at radius 1 is 1.41 bits per heavy atom. The SMILES string of the molecule is CNCC(=O)c1ccc(OC)cc1C(F)(F)F. The first-order chi connectivity index (χ1) is 7.90. The number of hydrogen-bond acceptors (Lipinski definition) is 3. The number of nitrogens with one attached hydrogen (secondary N) is 1. The summed E-state index contributed by atoms with van der Waals surface area (Å²) in [6, 6.07) is 3.28. The van der Waals surface area contributed by atoms with Crippen LogP contribution in [0.5, 0.6) is 5.75 Å². The number of carbonyl (C=O) groups is 1. The molecule has 0 aliphatic carbocycles. The monoisotopic (exact) mass is 247 g/mol. The van der Waals surface area contributed by atoms with E-state index in [1.165, 1.54) is 20.2 Å². The van der Waals surface area contributed by atoms with E-state index in [9.17, 15) is 18.0 Å². The summed E-state index contributed by atoms with van der Waals surface area (Å²) in [4.78, 5) is 11.5. The number of Topliss-reactive ketones (excluding diaryl/α,β-unsaturated/α-hetero) is 1. The topological polar surface area (TPSA) is 38.3 Å². The van der Waals surface area contributed by atoms with Crippen LogP contribution in [-0.2, 0) is 6.18 Å². The summed E-state index contributed by atoms with van der Waals surface area (Å²) in [5, 5.41) is 2.53. The normalized spacial score (nSPS) is 11.4. The minimum atomic E-state index is -4.58. The molecule has 0 radical (unpaired) electrons. The molecule has 0 spiro atoms. The highest BCUT2D eigenvalue weighted by atomic mass is 19.4. The highest BCUT2D eigenvalue weighted by molar-refractivity contribution is 5.99. The number of benzene rings is 1. The van der Waals surface area contributed by atoms with Crippen LogP contribution < -0.4 is 10.1 Å². The standard InChI is InChI=1S/C11H12F3NO2/c1-15-6-10(16)8-4-3-7(17-2)5-9(8)11(12,13)14/h3-5,15H,6H2,1-2H3. The van der Waals surface area contributed by atoms with Crippen LogP contribution in [0.3, 0.4) is 0 Å². The van der Waals surface area contributed by atoms with Crippen molar-refractivity contribution in [1.29, 1.82) is 0 Å². The summed E-state index contributed by atoms with van der Waals surface area (Å²) >= 11 is 0. The first-order valence-electron chi connectivity index (χ1n) is 4.83. The summed E-state index contributed by atoms with van der Waals surface area (Å²) in [6.07, 6.45) is -4.58. The molecule has 0 fully saturated rings. The maximum atomic E-state index is 12.7. The molecule has 1 rings (SSSR count). The van der Waals surface area contributed by atoms with E-state index < -0.39 is 17.5 Å². The van der Waals surface area contributed by atoms with Gasteiger partial charge in [-0.05, 0) is 25.2 Å². The maximum absolute atomic E-state index is 12.7. The quantitative estimate of drug-likeness (QED) is 0.828. The minimum Gasteiger partial charge on any atom is -0.497 e. The van der Waals surface area contributed by atoms with E-state index >= 15 is 0 Å². The first kappa shape index (κ1) is 13.5. The van der Waals surface area contributed by atoms with E-state index in [0.717, 1.165) is 12.1 Å². The molecule has 1 aromatic carbocycles. The van der Waals surface area contributed by atoms with Crippen molar-refractivity contribution in [3.8, 4) is 5.75 Å². The Labute approximate surface area is 96.6 Å². The molecule has 3 nitrogen and oxygen atoms in total. The molecule has 1 N–H and O–H groups in total. The first-order valence-corrected chi connectivity index (χ1v) is 4.83. The molecule has 6 heteroatoms. The van der Waals surface area contributed by atoms with E-state index in [1.54, 1.807) is 0 Å². The lowest BCUT2D eigenvalue weighted by atomic mass is 10.0. The Hall–Kier alpha value is -1.56. The number of ether oxygens (including phenoxy) is 1. The number of likely N-dealkylation sites (N-methyl/N-ethyl adjacent to an activating group) is 1. The fourth-order valence-electron chi connectivity index (χ4n) is 1.38. The van der Waals surface area contributed by atoms with Gasteiger partial charge in [0.15, 0.2) is 5.78 Å². The molecule has 0 unspecified atom stereocenters. The average molecular weight is 247 g/mol. The lowest BCUT2D eigenvalue weighted by Crippen LogP contribution is -2.22. The molecule has 0 aliphatic heterocycles. The molecular formula is C11H12F3NO2. The number of carbonyl (C=O) groups excluding carboxylic acids is 1. The average Bonchev–Trinajstić information content (AvgIpc) is 2.27. The van der Waals surface area contributed by atoms with Crippen molar-refractivity contribution in [2.24, 2.45) is 0 Å². The number of hydrogen-bond donors (Lipinski definition) is 1. The van der Waals surface area contributed by atoms with E-state index in [4.69, 9.17) is 4.74 Å². The van der Waals surface area contributed by atoms with Crippen LogP contribution in [0.15, 0.2) is 18.2 Å². The van der Waals surface area contributed by atoms with Crippen molar-refractivity contribution in [3.05, 3.63) is 29.3 Å². The molecular weight excluding hydrogens is 235 g/mol. The van der Waals surface area contributed by atoms with Gasteiger partial charge in [-0.3, -0.25) is 4.79 Å². The lowest BCUT2D eigenvalue weighted by Gasteiger charge is -2.13. The fourth-order valence-corrected chi connectivity index (χ4v) is 1.38. The zero-order valence-electron chi connectivity index (χ0n) is 9.39. The minimum absolute atomic E-state index is 0.0679. The predicted molar refractivity (Wildman–Crippen MR) is 56.3 cm³/mol. The van der Waals surface area contributed by atoms with E-state index in [2.05, 4.69) is 5.32 Å². The molecule has 0 amide bonds. The third kappa shape index (κ3) is 3.20. The van der Waals surface area contributed by atoms with Gasteiger partial charge in [0.25, 0.3) is 0 Å². The van der Waals surface area contributed by atoms with Crippen LogP contribution in [0.4, 0.5) is 13.2 Å². The van der Waals surface area contributed by atoms with Gasteiger partial charge in [0.2, 0.25) is 0 Å². The number of ketones is 1. The van der Waals surface area contributed by atoms with Crippen molar-refractivity contribution in [2.75, 3.05) is 20.7 Å². The fraction of sp³-hybridized carbons (Fsp3) is 0.364. The maximum Gasteiger partial charge on any atom is 0.417 e. The second-order valence-electron chi connectivity index (χ2n) is 3.36. The summed E-state index contributed by atoms with van der Waals surface area (Å²) in [7, 11) is 2.76. The molecule has 0 saturated heterocycles. The van der Waals surface area contributed by atoms with Gasteiger partial charge < -0.3 is 10.1 Å². The van der Waals surface area contributed by atoms with Gasteiger partial charge in [0.05, 0.1) is 19.2 Å². The number of methoxy groups -OCH3 is 1. The van der Waals surface area contributed by atoms with Crippen molar-refractivity contribution in [2.45, 2.75) is 6.18 Å². The van der Waals surface area contributed by atoms with Crippen molar-refractivity contribution < 1.29 is 22.7 Å². The Bertz CT molecular complexity index is 416. The summed E-state index contributed by atoms with van der Waals surface area (Å²) in [5.74, 6) is -0.541. The third-order valence-corrected chi connectivity index (χ3v) is 2.17. The molecule has 0 saturated carbocycles. The number of halogens is 3. The Morgan fingerprint density at radius 3 is 2.53 bits per heavy atom. The van der Waals surface area contributed by atoms with Crippen molar-refractivity contribution in [1.82, 2.24) is 5.32 Å². The van der Waals surface area contributed by atoms with E-state index in [-0.39, 0.29) is 17.9 Å². The van der Waals surface area contributed by atoms with Gasteiger partial charge in [-0.2, -0.15) is 13.2 Å². The Morgan fingerprint density at radius 2 is 2.06 bits per heavy atom. The second-order valence-corrected chi connectivity index (χ2v) is 3.36. The largest absolute Gasteiger partial charge is 0.497 e. The van der Waals surface area contributed by atoms with Crippen molar-refractivity contribution in [3.63, 3.8) is 0 Å². The van der Waals surface area contributed by atoms with Crippen LogP contribution >= 0.6 is 0 Å². The summed E-state index contributed by atoms with van der Waals surface area (Å²) < 4.78 is 42.9. The van der Waals surface area contributed by atoms with Gasteiger partial charge in [0.1, 0.15) is 5.75 Å². The molecule has 1 aromatic rings. The smallest absolute Gasteiger partial charge is 0.417 e. The van der Waals surface area contributed by atoms with Crippen LogP contribution in [-0.4, -0.2) is 26.5 Å². The zero-order valence-corrected chi connectivity index (χ0v) is 9.39. The second kappa shape index (κ2) is 5.18. The zero-order chi connectivity index (χ0) is 13.1. The molecule has 0 aliphatic rings. The molecule has 0 bridgehead atoms. The summed E-state index contributed by atoms with van der Waals surface area (Å²) in [6.45, 7) is -0.143. The number of rotatable bonds is 4. The highest BCUT2D eigenvalue weighted by Gasteiger charge is 2.35. The highest BCUT2D eigenvalue weighted by Crippen LogP contribution is 2.34. The van der Waals surface area contributed by atoms with Gasteiger partial charge in [0, 0.05) is 5.56 Å².